The van der Waals surface area contributed by atoms with Gasteiger partial charge in [0.05, 0.1) is 30.3 Å². The Morgan fingerprint density at radius 3 is 2.54 bits per heavy atom. The van der Waals surface area contributed by atoms with Crippen molar-refractivity contribution < 1.29 is 17.9 Å². The lowest BCUT2D eigenvalue weighted by Gasteiger charge is -2.26. The Labute approximate surface area is 219 Å². The van der Waals surface area contributed by atoms with Crippen LogP contribution in [0.5, 0.6) is 0 Å². The minimum atomic E-state index is -3.69. The molecule has 9 heteroatoms. The Balaban J connectivity index is 1.61. The van der Waals surface area contributed by atoms with Gasteiger partial charge in [0.2, 0.25) is 15.0 Å². The molecule has 37 heavy (non-hydrogen) atoms. The molecule has 3 aromatic rings. The number of sulfone groups is 1. The van der Waals surface area contributed by atoms with E-state index in [2.05, 4.69) is 10.3 Å². The summed E-state index contributed by atoms with van der Waals surface area (Å²) in [5, 5.41) is 3.01. The van der Waals surface area contributed by atoms with Crippen LogP contribution in [0.1, 0.15) is 43.5 Å². The first-order valence-electron chi connectivity index (χ1n) is 12.8. The molecule has 1 aliphatic rings. The van der Waals surface area contributed by atoms with E-state index in [1.54, 1.807) is 27.8 Å². The summed E-state index contributed by atoms with van der Waals surface area (Å²) in [5.41, 5.74) is 3.20. The van der Waals surface area contributed by atoms with Crippen LogP contribution >= 0.6 is 0 Å². The highest BCUT2D eigenvalue weighted by Gasteiger charge is 2.28. The van der Waals surface area contributed by atoms with Crippen LogP contribution in [0.25, 0.3) is 0 Å². The smallest absolute Gasteiger partial charge is 0.322 e. The van der Waals surface area contributed by atoms with Gasteiger partial charge >= 0.3 is 6.03 Å². The van der Waals surface area contributed by atoms with Crippen LogP contribution in [0, 0.1) is 12.8 Å². The van der Waals surface area contributed by atoms with Gasteiger partial charge in [-0.15, -0.1) is 0 Å². The van der Waals surface area contributed by atoms with Crippen LogP contribution in [0.4, 0.5) is 10.5 Å². The Morgan fingerprint density at radius 1 is 1.16 bits per heavy atom. The fraction of sp³-hybridized carbons (Fsp3) is 0.429. The average molecular weight is 525 g/mol. The lowest BCUT2D eigenvalue weighted by molar-refractivity contribution is 0.0812. The van der Waals surface area contributed by atoms with Gasteiger partial charge in [0, 0.05) is 25.4 Å². The Morgan fingerprint density at radius 2 is 1.89 bits per heavy atom. The monoisotopic (exact) mass is 524 g/mol. The van der Waals surface area contributed by atoms with Gasteiger partial charge in [-0.3, -0.25) is 0 Å². The zero-order chi connectivity index (χ0) is 26.4. The molecule has 2 amide bonds. The summed E-state index contributed by atoms with van der Waals surface area (Å²) in [6.07, 6.45) is 3.38. The second kappa shape index (κ2) is 11.9. The predicted octanol–water partition coefficient (Wildman–Crippen LogP) is 5.03. The number of nitrogens with zero attached hydrogens (tertiary/aromatic N) is 3. The van der Waals surface area contributed by atoms with Crippen LogP contribution in [-0.4, -0.2) is 48.2 Å². The van der Waals surface area contributed by atoms with Crippen molar-refractivity contribution in [2.24, 2.45) is 5.92 Å². The van der Waals surface area contributed by atoms with Gasteiger partial charge < -0.3 is 19.5 Å². The number of nitrogens with one attached hydrogen (secondary N) is 1. The largest absolute Gasteiger partial charge is 0.376 e. The van der Waals surface area contributed by atoms with E-state index < -0.39 is 9.84 Å². The number of urea groups is 1. The Hall–Kier alpha value is -3.17. The molecule has 0 radical (unpaired) electrons. The summed E-state index contributed by atoms with van der Waals surface area (Å²) in [5.74, 6) is 0.0576. The van der Waals surface area contributed by atoms with E-state index in [1.165, 1.54) is 0 Å². The Bertz CT molecular complexity index is 1280. The number of amides is 2. The molecule has 1 saturated heterocycles. The summed E-state index contributed by atoms with van der Waals surface area (Å²) in [6, 6.07) is 16.5. The van der Waals surface area contributed by atoms with E-state index in [-0.39, 0.29) is 35.5 Å². The third kappa shape index (κ3) is 7.20. The highest BCUT2D eigenvalue weighted by atomic mass is 32.2. The summed E-state index contributed by atoms with van der Waals surface area (Å²) < 4.78 is 34.3. The number of aryl methyl sites for hydroxylation is 1. The molecular formula is C28H36N4O4S. The van der Waals surface area contributed by atoms with Crippen molar-refractivity contribution in [3.63, 3.8) is 0 Å². The molecule has 1 N–H and O–H groups in total. The Kier molecular flexibility index (Phi) is 8.66. The predicted molar refractivity (Wildman–Crippen MR) is 144 cm³/mol. The molecule has 198 valence electrons. The van der Waals surface area contributed by atoms with Gasteiger partial charge in [-0.1, -0.05) is 61.9 Å². The van der Waals surface area contributed by atoms with E-state index in [1.807, 2.05) is 63.2 Å². The normalized spacial score (nSPS) is 15.7. The molecule has 0 saturated carbocycles. The van der Waals surface area contributed by atoms with Crippen molar-refractivity contribution in [1.82, 2.24) is 14.5 Å². The van der Waals surface area contributed by atoms with E-state index in [4.69, 9.17) is 4.74 Å². The maximum absolute atomic E-state index is 13.4. The lowest BCUT2D eigenvalue weighted by Crippen LogP contribution is -2.40. The van der Waals surface area contributed by atoms with E-state index in [0.29, 0.717) is 36.6 Å². The molecule has 1 aromatic heterocycles. The van der Waals surface area contributed by atoms with E-state index in [0.717, 1.165) is 18.4 Å². The van der Waals surface area contributed by atoms with Crippen LogP contribution < -0.4 is 5.32 Å². The van der Waals surface area contributed by atoms with Gasteiger partial charge in [0.1, 0.15) is 0 Å². The molecule has 1 fully saturated rings. The van der Waals surface area contributed by atoms with Crippen molar-refractivity contribution in [3.05, 3.63) is 77.6 Å². The summed E-state index contributed by atoms with van der Waals surface area (Å²) in [7, 11) is -3.69. The van der Waals surface area contributed by atoms with E-state index >= 15 is 0 Å². The minimum Gasteiger partial charge on any atom is -0.376 e. The van der Waals surface area contributed by atoms with Crippen LogP contribution in [0.2, 0.25) is 0 Å². The number of anilines is 1. The molecule has 0 aliphatic carbocycles. The lowest BCUT2D eigenvalue weighted by atomic mass is 10.2. The third-order valence-corrected chi connectivity index (χ3v) is 7.91. The molecule has 4 rings (SSSR count). The zero-order valence-corrected chi connectivity index (χ0v) is 22.6. The number of ether oxygens (including phenoxy) is 1. The van der Waals surface area contributed by atoms with Crippen molar-refractivity contribution in [1.29, 1.82) is 0 Å². The molecule has 8 nitrogen and oxygen atoms in total. The number of benzene rings is 2. The first kappa shape index (κ1) is 26.9. The number of rotatable bonds is 10. The molecule has 2 heterocycles. The molecule has 0 spiro atoms. The standard InChI is InChI=1S/C28H36N4O4S/c1-21(2)17-32-25(16-29-28(32)37(34,35)20-23-8-5-4-6-9-23)18-31(19-26-10-7-15-36-26)27(33)30-24-13-11-22(3)12-14-24/h4-6,8-9,11-14,16,21,26H,7,10,15,17-20H2,1-3H3,(H,30,33)/t26-/m1/s1. The minimum absolute atomic E-state index is 0.0380. The van der Waals surface area contributed by atoms with Crippen molar-refractivity contribution in [2.45, 2.75) is 63.7 Å². The second-order valence-electron chi connectivity index (χ2n) is 10.1. The quantitative estimate of drug-likeness (QED) is 0.401. The van der Waals surface area contributed by atoms with Crippen molar-refractivity contribution >= 4 is 21.6 Å². The van der Waals surface area contributed by atoms with Gasteiger partial charge in [-0.2, -0.15) is 0 Å². The van der Waals surface area contributed by atoms with E-state index in [9.17, 15) is 13.2 Å². The number of aromatic nitrogens is 2. The number of imidazole rings is 1. The molecule has 2 aromatic carbocycles. The molecular weight excluding hydrogens is 488 g/mol. The van der Waals surface area contributed by atoms with Gasteiger partial charge in [-0.05, 0) is 43.4 Å². The highest BCUT2D eigenvalue weighted by Crippen LogP contribution is 2.22. The summed E-state index contributed by atoms with van der Waals surface area (Å²) >= 11 is 0. The fourth-order valence-corrected chi connectivity index (χ4v) is 5.97. The summed E-state index contributed by atoms with van der Waals surface area (Å²) in [6.45, 7) is 7.86. The fourth-order valence-electron chi connectivity index (χ4n) is 4.47. The van der Waals surface area contributed by atoms with Crippen molar-refractivity contribution in [2.75, 3.05) is 18.5 Å². The topological polar surface area (TPSA) is 93.5 Å². The van der Waals surface area contributed by atoms with Crippen LogP contribution in [0.3, 0.4) is 0 Å². The van der Waals surface area contributed by atoms with Crippen molar-refractivity contribution in [3.8, 4) is 0 Å². The van der Waals surface area contributed by atoms with Gasteiger partial charge in [0.25, 0.3) is 0 Å². The molecule has 0 unspecified atom stereocenters. The van der Waals surface area contributed by atoms with Gasteiger partial charge in [0.15, 0.2) is 0 Å². The zero-order valence-electron chi connectivity index (χ0n) is 21.8. The maximum atomic E-state index is 13.4. The summed E-state index contributed by atoms with van der Waals surface area (Å²) in [4.78, 5) is 19.4. The second-order valence-corrected chi connectivity index (χ2v) is 12.0. The molecule has 1 aliphatic heterocycles. The van der Waals surface area contributed by atoms with Gasteiger partial charge in [-0.25, -0.2) is 18.2 Å². The molecule has 1 atom stereocenters. The third-order valence-electron chi connectivity index (χ3n) is 6.32. The first-order valence-corrected chi connectivity index (χ1v) is 14.4. The van der Waals surface area contributed by atoms with Crippen LogP contribution in [0.15, 0.2) is 66.0 Å². The SMILES string of the molecule is Cc1ccc(NC(=O)N(Cc2cnc(S(=O)(=O)Cc3ccccc3)n2CC(C)C)C[C@H]2CCCO2)cc1. The number of carbonyl (C=O) groups is 1. The van der Waals surface area contributed by atoms with Crippen LogP contribution in [-0.2, 0) is 33.4 Å². The maximum Gasteiger partial charge on any atom is 0.322 e. The first-order chi connectivity index (χ1) is 17.7. The number of hydrogen-bond acceptors (Lipinski definition) is 5. The number of carbonyl (C=O) groups excluding carboxylic acids is 1. The highest BCUT2D eigenvalue weighted by molar-refractivity contribution is 7.90. The average Bonchev–Trinajstić information content (AvgIpc) is 3.51. The molecule has 0 bridgehead atoms. The number of hydrogen-bond donors (Lipinski definition) is 1.